The van der Waals surface area contributed by atoms with Crippen molar-refractivity contribution in [2.24, 2.45) is 10.8 Å². The van der Waals surface area contributed by atoms with Crippen LogP contribution in [0.5, 0.6) is 23.0 Å². The summed E-state index contributed by atoms with van der Waals surface area (Å²) in [6.07, 6.45) is 1.69. The Morgan fingerprint density at radius 3 is 0.846 bits per heavy atom. The molecule has 4 nitrogen and oxygen atoms in total. The average Bonchev–Trinajstić information content (AvgIpc) is 0.737. The number of aromatic hydroxyl groups is 4. The third kappa shape index (κ3) is 17.5. The second kappa shape index (κ2) is 30.1. The number of ether oxygens (including phenoxy) is 2. The Kier molecular flexibility index (Phi) is 24.6. The van der Waals surface area contributed by atoms with Crippen molar-refractivity contribution in [2.45, 2.75) is 249 Å². The summed E-state index contributed by atoms with van der Waals surface area (Å²) in [5, 5.41) is 35.8. The zero-order valence-electron chi connectivity index (χ0n) is 69.2. The Bertz CT molecular complexity index is 4400. The summed E-state index contributed by atoms with van der Waals surface area (Å²) in [4.78, 5) is 0. The maximum absolute atomic E-state index is 16.8. The molecule has 556 valence electrons. The molecular formula is C96H126F2GeO4Zr. The van der Waals surface area contributed by atoms with Crippen LogP contribution in [0.2, 0.25) is 9.50 Å². The molecule has 0 spiro atoms. The molecule has 0 saturated heterocycles. The number of hydrogen-bond donors (Lipinski definition) is 2. The number of aryl methyl sites for hydroxylation is 2. The van der Waals surface area contributed by atoms with E-state index in [0.717, 1.165) is 78.2 Å². The van der Waals surface area contributed by atoms with Crippen molar-refractivity contribution >= 4 is 56.4 Å². The molecule has 0 fully saturated rings. The van der Waals surface area contributed by atoms with E-state index in [1.807, 2.05) is 13.8 Å². The number of rotatable bonds is 16. The number of hydrogen-bond acceptors (Lipinski definition) is 2. The molecule has 0 aliphatic heterocycles. The van der Waals surface area contributed by atoms with E-state index in [-0.39, 0.29) is 105 Å². The maximum Gasteiger partial charge on any atom is 0 e. The van der Waals surface area contributed by atoms with Gasteiger partial charge in [-0.3, -0.25) is 0 Å². The van der Waals surface area contributed by atoms with Gasteiger partial charge in [0, 0.05) is 26.2 Å². The van der Waals surface area contributed by atoms with Crippen LogP contribution in [0.4, 0.5) is 8.78 Å². The van der Waals surface area contributed by atoms with Crippen molar-refractivity contribution in [2.75, 3.05) is 10.9 Å². The predicted octanol–water partition coefficient (Wildman–Crippen LogP) is 28.3. The van der Waals surface area contributed by atoms with Gasteiger partial charge < -0.3 is 14.9 Å². The second-order valence-corrected chi connectivity index (χ2v) is 50.1. The molecule has 10 rings (SSSR count). The standard InChI is InChI=1S/C94H118F2GeO4.2CH3.Zr/c1-55(2)97(56(3)4,53-100-85-57(5)37-69(95)49-77(85)75-45-67(93(25,26)51-87(7,8)9)47-79(83(75)98)81-71-41-63(89(13,14)15)33-29-59(71)39-60-30-34-64(42-72(60)81)90(16,17)18)54-101-86-58(6)38-70(96)50-78(86)76-46-68(94(27,28)52-88(10,11)12)48-80(84(76)99)82-73-43-65(91(19,20)21)35-31-61(73)40-62-32-36-66(44-74(62)82)92(22,23)24;;;/h29-50,55-56,98-99H,51-54H2,1-28H3;2*1H3;/q;2*-1;/p+2. The summed E-state index contributed by atoms with van der Waals surface area (Å²) in [5.41, 5.74) is 13.2. The topological polar surface area (TPSA) is 66.1 Å². The van der Waals surface area contributed by atoms with Crippen LogP contribution in [0.1, 0.15) is 237 Å². The van der Waals surface area contributed by atoms with Gasteiger partial charge in [-0.2, -0.15) is 0 Å². The van der Waals surface area contributed by atoms with E-state index in [9.17, 15) is 10.2 Å². The van der Waals surface area contributed by atoms with Gasteiger partial charge >= 0.3 is 529 Å². The van der Waals surface area contributed by atoms with Crippen LogP contribution in [0, 0.1) is 51.2 Å². The van der Waals surface area contributed by atoms with Crippen molar-refractivity contribution in [3.05, 3.63) is 204 Å². The Labute approximate surface area is 648 Å². The van der Waals surface area contributed by atoms with Crippen LogP contribution in [-0.2, 0) is 58.7 Å². The number of phenolic OH excluding ortho intramolecular Hbond substituents is 2. The van der Waals surface area contributed by atoms with Crippen LogP contribution in [0.3, 0.4) is 0 Å². The van der Waals surface area contributed by atoms with Gasteiger partial charge in [0.15, 0.2) is 0 Å². The van der Waals surface area contributed by atoms with Gasteiger partial charge in [0.05, 0.1) is 0 Å². The Balaban J connectivity index is 0.00000504. The minimum atomic E-state index is -3.54. The van der Waals surface area contributed by atoms with Crippen molar-refractivity contribution in [1.29, 1.82) is 0 Å². The fourth-order valence-corrected chi connectivity index (χ4v) is 24.5. The van der Waals surface area contributed by atoms with Crippen LogP contribution < -0.4 is 0 Å². The summed E-state index contributed by atoms with van der Waals surface area (Å²) in [6.45, 7) is 63.0. The van der Waals surface area contributed by atoms with Crippen molar-refractivity contribution < 1.29 is 54.7 Å². The normalized spacial score (nSPS) is 13.1. The molecule has 0 saturated carbocycles. The molecule has 10 aromatic rings. The summed E-state index contributed by atoms with van der Waals surface area (Å²) in [5.74, 6) is 0.673. The molecule has 4 N–H and O–H groups in total. The molecule has 0 aliphatic carbocycles. The van der Waals surface area contributed by atoms with E-state index in [1.54, 1.807) is 24.3 Å². The average molecular weight is 1550 g/mol. The summed E-state index contributed by atoms with van der Waals surface area (Å²) in [7, 11) is 0. The number of fused-ring (bicyclic) bond motifs is 4. The van der Waals surface area contributed by atoms with E-state index >= 15 is 8.78 Å². The smallest absolute Gasteiger partial charge is 0 e. The first kappa shape index (κ1) is 85.0. The SMILES string of the molecule is Cc1cc(F)cc(-c2cc(C(C)(C)CC(C)(C)C)cc(-c3c4cc(C(C)(C)C)ccc4cc4ccc(C(C)(C)C)cc34)c2O)c1[OH+][CH2][Ge]([CH2][OH+]c1c(C)cc(F)cc1-c1cc(C(C)(C)CC(C)(C)C)cc(-c2c3cc(C(C)(C)C)ccc3cc3ccc(C(C)(C)C)cc23)c1O)([CH](C)C)[CH](C)C.[CH3-].[CH3-].[Zr]. The van der Waals surface area contributed by atoms with E-state index in [4.69, 9.17) is 9.47 Å². The van der Waals surface area contributed by atoms with Gasteiger partial charge in [-0.25, -0.2) is 0 Å². The number of halogens is 2. The summed E-state index contributed by atoms with van der Waals surface area (Å²) in [6, 6.07) is 46.7. The number of phenols is 2. The summed E-state index contributed by atoms with van der Waals surface area (Å²) >= 11 is -3.54. The van der Waals surface area contributed by atoms with Gasteiger partial charge in [-0.15, -0.1) is 0 Å². The molecule has 0 heterocycles. The molecule has 8 heteroatoms. The number of aliphatic hydroxyl groups is 2. The van der Waals surface area contributed by atoms with Gasteiger partial charge in [0.1, 0.15) is 0 Å². The van der Waals surface area contributed by atoms with E-state index in [0.29, 0.717) is 66.9 Å². The van der Waals surface area contributed by atoms with Crippen molar-refractivity contribution in [3.8, 4) is 67.5 Å². The minimum absolute atomic E-state index is 0. The van der Waals surface area contributed by atoms with Crippen LogP contribution >= 0.6 is 0 Å². The second-order valence-electron chi connectivity index (χ2n) is 38.7. The first-order valence-corrected chi connectivity index (χ1v) is 42.5. The molecule has 0 amide bonds. The third-order valence-corrected chi connectivity index (χ3v) is 34.9. The van der Waals surface area contributed by atoms with Gasteiger partial charge in [-0.05, 0) is 0 Å². The molecule has 0 aliphatic rings. The molecular weight excluding hydrogens is 1420 g/mol. The third-order valence-electron chi connectivity index (χ3n) is 22.1. The quantitative estimate of drug-likeness (QED) is 0.0438. The van der Waals surface area contributed by atoms with Crippen LogP contribution in [0.25, 0.3) is 87.6 Å². The van der Waals surface area contributed by atoms with E-state index < -0.39 is 24.9 Å². The fraction of sp³-hybridized carbons (Fsp3) is 0.438. The van der Waals surface area contributed by atoms with Gasteiger partial charge in [0.2, 0.25) is 0 Å². The zero-order chi connectivity index (χ0) is 74.8. The maximum atomic E-state index is 16.8. The van der Waals surface area contributed by atoms with E-state index in [2.05, 4.69) is 289 Å². The molecule has 104 heavy (non-hydrogen) atoms. The van der Waals surface area contributed by atoms with Crippen molar-refractivity contribution in [1.82, 2.24) is 0 Å². The molecule has 0 radical (unpaired) electrons. The monoisotopic (exact) mass is 1540 g/mol. The zero-order valence-corrected chi connectivity index (χ0v) is 73.8. The van der Waals surface area contributed by atoms with E-state index in [1.165, 1.54) is 22.3 Å². The first-order chi connectivity index (χ1) is 46.4. The van der Waals surface area contributed by atoms with Gasteiger partial charge in [0.25, 0.3) is 0 Å². The largest absolute Gasteiger partial charge is 0.358 e. The Morgan fingerprint density at radius 1 is 0.346 bits per heavy atom. The Morgan fingerprint density at radius 2 is 0.606 bits per heavy atom. The molecule has 0 aromatic heterocycles. The molecule has 0 bridgehead atoms. The van der Waals surface area contributed by atoms with Gasteiger partial charge in [-0.1, -0.05) is 83.1 Å². The predicted molar refractivity (Wildman–Crippen MR) is 448 cm³/mol. The Hall–Kier alpha value is -6.27. The van der Waals surface area contributed by atoms with Crippen LogP contribution in [-0.4, -0.2) is 43.8 Å². The molecule has 0 unspecified atom stereocenters. The number of benzene rings is 10. The minimum Gasteiger partial charge on any atom is -0.358 e. The van der Waals surface area contributed by atoms with Crippen molar-refractivity contribution in [3.63, 3.8) is 0 Å². The fourth-order valence-electron chi connectivity index (χ4n) is 16.6. The molecule has 10 aromatic carbocycles. The molecule has 0 atom stereocenters. The first-order valence-electron chi connectivity index (χ1n) is 37.1. The van der Waals surface area contributed by atoms with Crippen LogP contribution in [0.15, 0.2) is 133 Å². The summed E-state index contributed by atoms with van der Waals surface area (Å²) < 4.78 is 45.6.